The van der Waals surface area contributed by atoms with Crippen LogP contribution in [-0.2, 0) is 4.79 Å². The quantitative estimate of drug-likeness (QED) is 0.800. The van der Waals surface area contributed by atoms with Gasteiger partial charge in [-0.1, -0.05) is 28.1 Å². The molecule has 0 saturated heterocycles. The highest BCUT2D eigenvalue weighted by atomic mass is 79.9. The van der Waals surface area contributed by atoms with Gasteiger partial charge < -0.3 is 10.1 Å². The van der Waals surface area contributed by atoms with Gasteiger partial charge in [-0.3, -0.25) is 0 Å². The lowest BCUT2D eigenvalue weighted by Crippen LogP contribution is -2.17. The van der Waals surface area contributed by atoms with E-state index < -0.39 is 0 Å². The van der Waals surface area contributed by atoms with Crippen LogP contribution in [0, 0.1) is 0 Å². The Morgan fingerprint density at radius 2 is 2.00 bits per heavy atom. The van der Waals surface area contributed by atoms with Crippen LogP contribution in [0.3, 0.4) is 0 Å². The number of hydrogen-bond donors (Lipinski definition) is 1. The summed E-state index contributed by atoms with van der Waals surface area (Å²) in [5.41, 5.74) is 0.982. The van der Waals surface area contributed by atoms with Crippen LogP contribution in [0.4, 0.5) is 0 Å². The monoisotopic (exact) mass is 227 g/mol. The first-order valence-electron chi connectivity index (χ1n) is 3.66. The standard InChI is InChI=1S/C9H10BrNO/c1-11-9(6-12)7-2-4-8(10)5-3-7/h2-6,9,11H,1H3. The lowest BCUT2D eigenvalue weighted by molar-refractivity contribution is -0.109. The summed E-state index contributed by atoms with van der Waals surface area (Å²) in [6, 6.07) is 7.48. The largest absolute Gasteiger partial charge is 0.307 e. The van der Waals surface area contributed by atoms with Crippen LogP contribution in [0.2, 0.25) is 0 Å². The Morgan fingerprint density at radius 3 is 2.42 bits per heavy atom. The maximum Gasteiger partial charge on any atom is 0.141 e. The van der Waals surface area contributed by atoms with E-state index in [1.807, 2.05) is 24.3 Å². The molecule has 3 heteroatoms. The summed E-state index contributed by atoms with van der Waals surface area (Å²) in [6.07, 6.45) is 0.892. The molecule has 1 atom stereocenters. The molecule has 0 heterocycles. The number of halogens is 1. The average Bonchev–Trinajstić information content (AvgIpc) is 2.10. The van der Waals surface area contributed by atoms with Gasteiger partial charge >= 0.3 is 0 Å². The summed E-state index contributed by atoms with van der Waals surface area (Å²) in [6.45, 7) is 0. The van der Waals surface area contributed by atoms with Crippen molar-refractivity contribution in [1.82, 2.24) is 5.32 Å². The van der Waals surface area contributed by atoms with Gasteiger partial charge in [-0.05, 0) is 24.7 Å². The third-order valence-corrected chi connectivity index (χ3v) is 2.20. The molecule has 2 nitrogen and oxygen atoms in total. The third-order valence-electron chi connectivity index (χ3n) is 1.68. The Labute approximate surface area is 80.1 Å². The number of rotatable bonds is 3. The molecule has 0 saturated carbocycles. The molecular weight excluding hydrogens is 218 g/mol. The summed E-state index contributed by atoms with van der Waals surface area (Å²) in [4.78, 5) is 10.5. The van der Waals surface area contributed by atoms with Crippen molar-refractivity contribution >= 4 is 22.2 Å². The molecule has 0 aromatic heterocycles. The van der Waals surface area contributed by atoms with E-state index in [1.165, 1.54) is 0 Å². The van der Waals surface area contributed by atoms with Gasteiger partial charge in [0.1, 0.15) is 6.29 Å². The second kappa shape index (κ2) is 4.38. The highest BCUT2D eigenvalue weighted by molar-refractivity contribution is 9.10. The van der Waals surface area contributed by atoms with Crippen LogP contribution in [0.1, 0.15) is 11.6 Å². The zero-order valence-corrected chi connectivity index (χ0v) is 8.34. The molecule has 64 valence electrons. The average molecular weight is 228 g/mol. The fraction of sp³-hybridized carbons (Fsp3) is 0.222. The van der Waals surface area contributed by atoms with Gasteiger partial charge in [-0.2, -0.15) is 0 Å². The minimum atomic E-state index is -0.196. The molecule has 0 spiro atoms. The van der Waals surface area contributed by atoms with Gasteiger partial charge in [-0.15, -0.1) is 0 Å². The van der Waals surface area contributed by atoms with Gasteiger partial charge in [0, 0.05) is 4.47 Å². The Hall–Kier alpha value is -0.670. The smallest absolute Gasteiger partial charge is 0.141 e. The molecule has 1 aromatic rings. The summed E-state index contributed by atoms with van der Waals surface area (Å²) in [7, 11) is 1.76. The summed E-state index contributed by atoms with van der Waals surface area (Å²) in [5.74, 6) is 0. The van der Waals surface area contributed by atoms with Gasteiger partial charge in [0.15, 0.2) is 0 Å². The van der Waals surface area contributed by atoms with E-state index in [-0.39, 0.29) is 6.04 Å². The van der Waals surface area contributed by atoms with Crippen LogP contribution in [0.5, 0.6) is 0 Å². The van der Waals surface area contributed by atoms with Crippen molar-refractivity contribution in [3.63, 3.8) is 0 Å². The molecule has 0 bridgehead atoms. The highest BCUT2D eigenvalue weighted by Gasteiger charge is 2.05. The number of aldehydes is 1. The molecule has 0 amide bonds. The fourth-order valence-corrected chi connectivity index (χ4v) is 1.25. The molecule has 0 aliphatic rings. The number of carbonyl (C=O) groups excluding carboxylic acids is 1. The molecular formula is C9H10BrNO. The van der Waals surface area contributed by atoms with E-state index in [0.29, 0.717) is 0 Å². The summed E-state index contributed by atoms with van der Waals surface area (Å²) in [5, 5.41) is 2.90. The van der Waals surface area contributed by atoms with Crippen molar-refractivity contribution in [1.29, 1.82) is 0 Å². The van der Waals surface area contributed by atoms with Crippen molar-refractivity contribution in [3.05, 3.63) is 34.3 Å². The minimum Gasteiger partial charge on any atom is -0.307 e. The SMILES string of the molecule is CNC(C=O)c1ccc(Br)cc1. The number of benzene rings is 1. The number of likely N-dealkylation sites (N-methyl/N-ethyl adjacent to an activating group) is 1. The molecule has 1 rings (SSSR count). The Balaban J connectivity index is 2.87. The van der Waals surface area contributed by atoms with Crippen LogP contribution in [0.25, 0.3) is 0 Å². The second-order valence-corrected chi connectivity index (χ2v) is 3.37. The molecule has 12 heavy (non-hydrogen) atoms. The molecule has 0 radical (unpaired) electrons. The van der Waals surface area contributed by atoms with Crippen molar-refractivity contribution in [2.24, 2.45) is 0 Å². The van der Waals surface area contributed by atoms with E-state index >= 15 is 0 Å². The number of nitrogens with one attached hydrogen (secondary N) is 1. The summed E-state index contributed by atoms with van der Waals surface area (Å²) >= 11 is 3.33. The van der Waals surface area contributed by atoms with Gasteiger partial charge in [0.2, 0.25) is 0 Å². The first-order valence-corrected chi connectivity index (χ1v) is 4.45. The molecule has 0 aliphatic heterocycles. The van der Waals surface area contributed by atoms with Crippen molar-refractivity contribution in [2.45, 2.75) is 6.04 Å². The lowest BCUT2D eigenvalue weighted by Gasteiger charge is -2.08. The maximum absolute atomic E-state index is 10.5. The zero-order valence-electron chi connectivity index (χ0n) is 6.75. The topological polar surface area (TPSA) is 29.1 Å². The van der Waals surface area contributed by atoms with Crippen LogP contribution in [-0.4, -0.2) is 13.3 Å². The number of carbonyl (C=O) groups is 1. The van der Waals surface area contributed by atoms with Crippen LogP contribution >= 0.6 is 15.9 Å². The number of hydrogen-bond acceptors (Lipinski definition) is 2. The first kappa shape index (κ1) is 9.42. The molecule has 0 fully saturated rings. The molecule has 0 aliphatic carbocycles. The minimum absolute atomic E-state index is 0.196. The zero-order chi connectivity index (χ0) is 8.97. The first-order chi connectivity index (χ1) is 5.77. The van der Waals surface area contributed by atoms with Crippen molar-refractivity contribution < 1.29 is 4.79 Å². The van der Waals surface area contributed by atoms with E-state index in [4.69, 9.17) is 0 Å². The van der Waals surface area contributed by atoms with Crippen LogP contribution in [0.15, 0.2) is 28.7 Å². The normalized spacial score (nSPS) is 12.5. The predicted molar refractivity (Wildman–Crippen MR) is 52.0 cm³/mol. The van der Waals surface area contributed by atoms with E-state index in [0.717, 1.165) is 16.3 Å². The molecule has 1 N–H and O–H groups in total. The van der Waals surface area contributed by atoms with Gasteiger partial charge in [0.25, 0.3) is 0 Å². The second-order valence-electron chi connectivity index (χ2n) is 2.45. The molecule has 1 unspecified atom stereocenters. The van der Waals surface area contributed by atoms with Crippen LogP contribution < -0.4 is 5.32 Å². The van der Waals surface area contributed by atoms with Crippen molar-refractivity contribution in [3.8, 4) is 0 Å². The van der Waals surface area contributed by atoms with Crippen molar-refractivity contribution in [2.75, 3.05) is 7.05 Å². The maximum atomic E-state index is 10.5. The third kappa shape index (κ3) is 2.16. The van der Waals surface area contributed by atoms with Gasteiger partial charge in [-0.25, -0.2) is 0 Å². The van der Waals surface area contributed by atoms with E-state index in [9.17, 15) is 4.79 Å². The van der Waals surface area contributed by atoms with E-state index in [2.05, 4.69) is 21.2 Å². The Bertz CT molecular complexity index is 258. The Kier molecular flexibility index (Phi) is 3.44. The summed E-state index contributed by atoms with van der Waals surface area (Å²) < 4.78 is 1.02. The Morgan fingerprint density at radius 1 is 1.42 bits per heavy atom. The predicted octanol–water partition coefficient (Wildman–Crippen LogP) is 1.91. The highest BCUT2D eigenvalue weighted by Crippen LogP contribution is 2.14. The van der Waals surface area contributed by atoms with E-state index in [1.54, 1.807) is 7.05 Å². The fourth-order valence-electron chi connectivity index (χ4n) is 0.983. The lowest BCUT2D eigenvalue weighted by atomic mass is 10.1. The molecule has 1 aromatic carbocycles. The van der Waals surface area contributed by atoms with Gasteiger partial charge in [0.05, 0.1) is 6.04 Å².